The smallest absolute Gasteiger partial charge is 0.220 e. The highest BCUT2D eigenvalue weighted by Gasteiger charge is 2.01. The lowest BCUT2D eigenvalue weighted by Gasteiger charge is -2.05. The minimum atomic E-state index is 0.0727. The number of anilines is 1. The molecule has 0 fully saturated rings. The van der Waals surface area contributed by atoms with E-state index in [0.717, 1.165) is 24.1 Å². The van der Waals surface area contributed by atoms with E-state index in [9.17, 15) is 4.79 Å². The summed E-state index contributed by atoms with van der Waals surface area (Å²) in [4.78, 5) is 11.5. The molecule has 0 aliphatic carbocycles. The Hall–Kier alpha value is -1.55. The average Bonchev–Trinajstić information content (AvgIpc) is 2.32. The number of hydrogen-bond acceptors (Lipinski definition) is 3. The molecule has 0 spiro atoms. The van der Waals surface area contributed by atoms with E-state index in [0.29, 0.717) is 19.6 Å². The molecule has 1 amide bonds. The first kappa shape index (κ1) is 13.5. The van der Waals surface area contributed by atoms with Gasteiger partial charge >= 0.3 is 0 Å². The molecule has 0 saturated heterocycles. The predicted molar refractivity (Wildman–Crippen MR) is 68.7 cm³/mol. The number of benzene rings is 1. The van der Waals surface area contributed by atoms with Gasteiger partial charge in [0.05, 0.1) is 0 Å². The third kappa shape index (κ3) is 5.92. The molecule has 0 bridgehead atoms. The van der Waals surface area contributed by atoms with Gasteiger partial charge in [-0.3, -0.25) is 4.79 Å². The van der Waals surface area contributed by atoms with Crippen LogP contribution < -0.4 is 11.1 Å². The van der Waals surface area contributed by atoms with Crippen LogP contribution in [0.1, 0.15) is 18.4 Å². The first-order valence-corrected chi connectivity index (χ1v) is 5.82. The molecule has 0 aromatic heterocycles. The lowest BCUT2D eigenvalue weighted by Crippen LogP contribution is -2.25. The highest BCUT2D eigenvalue weighted by molar-refractivity contribution is 5.76. The number of carbonyl (C=O) groups is 1. The number of carbonyl (C=O) groups excluding carboxylic acids is 1. The van der Waals surface area contributed by atoms with Crippen molar-refractivity contribution in [3.05, 3.63) is 29.8 Å². The van der Waals surface area contributed by atoms with E-state index < -0.39 is 0 Å². The van der Waals surface area contributed by atoms with Crippen molar-refractivity contribution in [3.63, 3.8) is 0 Å². The number of rotatable bonds is 7. The minimum absolute atomic E-state index is 0.0727. The summed E-state index contributed by atoms with van der Waals surface area (Å²) in [5.41, 5.74) is 7.50. The molecule has 4 nitrogen and oxygen atoms in total. The molecule has 1 rings (SSSR count). The van der Waals surface area contributed by atoms with Gasteiger partial charge in [-0.1, -0.05) is 12.1 Å². The van der Waals surface area contributed by atoms with Crippen molar-refractivity contribution in [2.75, 3.05) is 26.0 Å². The van der Waals surface area contributed by atoms with Crippen molar-refractivity contribution >= 4 is 11.6 Å². The van der Waals surface area contributed by atoms with Crippen LogP contribution in [0.25, 0.3) is 0 Å². The highest BCUT2D eigenvalue weighted by atomic mass is 16.5. The van der Waals surface area contributed by atoms with Crippen LogP contribution in [-0.4, -0.2) is 26.2 Å². The molecule has 94 valence electrons. The topological polar surface area (TPSA) is 64.3 Å². The molecule has 1 aromatic rings. The Morgan fingerprint density at radius 1 is 1.47 bits per heavy atom. The zero-order chi connectivity index (χ0) is 12.5. The molecule has 0 aliphatic rings. The van der Waals surface area contributed by atoms with Gasteiger partial charge in [0.25, 0.3) is 0 Å². The van der Waals surface area contributed by atoms with Crippen molar-refractivity contribution in [3.8, 4) is 0 Å². The lowest BCUT2D eigenvalue weighted by molar-refractivity contribution is -0.121. The van der Waals surface area contributed by atoms with Crippen LogP contribution in [-0.2, 0) is 16.0 Å². The maximum Gasteiger partial charge on any atom is 0.220 e. The van der Waals surface area contributed by atoms with E-state index in [-0.39, 0.29) is 5.91 Å². The maximum absolute atomic E-state index is 11.5. The van der Waals surface area contributed by atoms with Gasteiger partial charge in [-0.2, -0.15) is 0 Å². The van der Waals surface area contributed by atoms with Crippen LogP contribution in [0, 0.1) is 0 Å². The summed E-state index contributed by atoms with van der Waals surface area (Å²) in [5, 5.41) is 2.85. The number of amides is 1. The van der Waals surface area contributed by atoms with Crippen LogP contribution in [0.2, 0.25) is 0 Å². The first-order valence-electron chi connectivity index (χ1n) is 5.82. The van der Waals surface area contributed by atoms with Gasteiger partial charge in [-0.05, 0) is 30.5 Å². The first-order chi connectivity index (χ1) is 8.22. The Bertz CT molecular complexity index is 353. The third-order valence-corrected chi connectivity index (χ3v) is 2.44. The summed E-state index contributed by atoms with van der Waals surface area (Å²) < 4.78 is 4.90. The minimum Gasteiger partial charge on any atom is -0.399 e. The van der Waals surface area contributed by atoms with E-state index >= 15 is 0 Å². The van der Waals surface area contributed by atoms with Crippen molar-refractivity contribution in [1.29, 1.82) is 0 Å². The summed E-state index contributed by atoms with van der Waals surface area (Å²) in [6, 6.07) is 7.63. The predicted octanol–water partition coefficient (Wildman–Crippen LogP) is 1.35. The monoisotopic (exact) mass is 236 g/mol. The summed E-state index contributed by atoms with van der Waals surface area (Å²) in [6.07, 6.45) is 2.07. The Kier molecular flexibility index (Phi) is 6.10. The van der Waals surface area contributed by atoms with Crippen LogP contribution in [0.5, 0.6) is 0 Å². The number of hydrogen-bond donors (Lipinski definition) is 2. The Morgan fingerprint density at radius 3 is 3.00 bits per heavy atom. The molecule has 17 heavy (non-hydrogen) atoms. The molecule has 0 aliphatic heterocycles. The maximum atomic E-state index is 11.5. The molecule has 0 saturated carbocycles. The van der Waals surface area contributed by atoms with E-state index in [1.165, 1.54) is 0 Å². The highest BCUT2D eigenvalue weighted by Crippen LogP contribution is 2.08. The summed E-state index contributed by atoms with van der Waals surface area (Å²) in [6.45, 7) is 1.35. The Balaban J connectivity index is 2.19. The summed E-state index contributed by atoms with van der Waals surface area (Å²) in [5.74, 6) is 0.0727. The van der Waals surface area contributed by atoms with E-state index in [1.807, 2.05) is 24.3 Å². The second-order valence-electron chi connectivity index (χ2n) is 3.94. The van der Waals surface area contributed by atoms with Gasteiger partial charge in [-0.15, -0.1) is 0 Å². The van der Waals surface area contributed by atoms with E-state index in [1.54, 1.807) is 7.11 Å². The van der Waals surface area contributed by atoms with Crippen molar-refractivity contribution in [2.45, 2.75) is 19.3 Å². The third-order valence-electron chi connectivity index (χ3n) is 2.44. The SMILES string of the molecule is COCCCNC(=O)CCc1cccc(N)c1. The van der Waals surface area contributed by atoms with Crippen molar-refractivity contribution < 1.29 is 9.53 Å². The molecule has 0 heterocycles. The van der Waals surface area contributed by atoms with Crippen LogP contribution >= 0.6 is 0 Å². The number of nitrogens with two attached hydrogens (primary N) is 1. The standard InChI is InChI=1S/C13H20N2O2/c1-17-9-3-8-15-13(16)7-6-11-4-2-5-12(14)10-11/h2,4-5,10H,3,6-9,14H2,1H3,(H,15,16). The summed E-state index contributed by atoms with van der Waals surface area (Å²) in [7, 11) is 1.65. The van der Waals surface area contributed by atoms with Gasteiger partial charge in [-0.25, -0.2) is 0 Å². The van der Waals surface area contributed by atoms with Gasteiger partial charge < -0.3 is 15.8 Å². The number of nitrogens with one attached hydrogen (secondary N) is 1. The molecule has 0 radical (unpaired) electrons. The second-order valence-corrected chi connectivity index (χ2v) is 3.94. The zero-order valence-electron chi connectivity index (χ0n) is 10.2. The second kappa shape index (κ2) is 7.68. The molecule has 0 unspecified atom stereocenters. The molecular formula is C13H20N2O2. The van der Waals surface area contributed by atoms with Gasteiger partial charge in [0.15, 0.2) is 0 Å². The quantitative estimate of drug-likeness (QED) is 0.555. The molecule has 4 heteroatoms. The van der Waals surface area contributed by atoms with Crippen molar-refractivity contribution in [2.24, 2.45) is 0 Å². The number of methoxy groups -OCH3 is 1. The summed E-state index contributed by atoms with van der Waals surface area (Å²) >= 11 is 0. The Morgan fingerprint density at radius 2 is 2.29 bits per heavy atom. The van der Waals surface area contributed by atoms with Crippen LogP contribution in [0.4, 0.5) is 5.69 Å². The molecule has 0 atom stereocenters. The zero-order valence-corrected chi connectivity index (χ0v) is 10.2. The fraction of sp³-hybridized carbons (Fsp3) is 0.462. The molecule has 1 aromatic carbocycles. The van der Waals surface area contributed by atoms with Crippen molar-refractivity contribution in [1.82, 2.24) is 5.32 Å². The molecular weight excluding hydrogens is 216 g/mol. The van der Waals surface area contributed by atoms with E-state index in [4.69, 9.17) is 10.5 Å². The van der Waals surface area contributed by atoms with Crippen LogP contribution in [0.3, 0.4) is 0 Å². The molecule has 3 N–H and O–H groups in total. The average molecular weight is 236 g/mol. The van der Waals surface area contributed by atoms with Gasteiger partial charge in [0, 0.05) is 32.4 Å². The van der Waals surface area contributed by atoms with Crippen LogP contribution in [0.15, 0.2) is 24.3 Å². The number of nitrogen functional groups attached to an aromatic ring is 1. The lowest BCUT2D eigenvalue weighted by atomic mass is 10.1. The fourth-order valence-electron chi connectivity index (χ4n) is 1.54. The normalized spacial score (nSPS) is 10.2. The Labute approximate surface area is 102 Å². The van der Waals surface area contributed by atoms with Gasteiger partial charge in [0.1, 0.15) is 0 Å². The number of ether oxygens (including phenoxy) is 1. The van der Waals surface area contributed by atoms with Gasteiger partial charge in [0.2, 0.25) is 5.91 Å². The number of aryl methyl sites for hydroxylation is 1. The largest absolute Gasteiger partial charge is 0.399 e. The fourth-order valence-corrected chi connectivity index (χ4v) is 1.54. The van der Waals surface area contributed by atoms with E-state index in [2.05, 4.69) is 5.32 Å².